The van der Waals surface area contributed by atoms with Crippen molar-refractivity contribution in [1.29, 1.82) is 0 Å². The van der Waals surface area contributed by atoms with E-state index in [0.717, 1.165) is 47.7 Å². The van der Waals surface area contributed by atoms with Crippen molar-refractivity contribution in [3.63, 3.8) is 0 Å². The number of carbonyl (C=O) groups is 1. The van der Waals surface area contributed by atoms with Gasteiger partial charge in [0.05, 0.1) is 36.7 Å². The lowest BCUT2D eigenvalue weighted by atomic mass is 10.1. The lowest BCUT2D eigenvalue weighted by Gasteiger charge is -2.26. The van der Waals surface area contributed by atoms with Gasteiger partial charge in [-0.1, -0.05) is 35.9 Å². The Morgan fingerprint density at radius 2 is 1.71 bits per heavy atom. The SMILES string of the molecule is COc1ccc(Oc2c(CN(CC3CCCO3)C(=O)c3ccc(C)cc3)c(C)nn2-c2ccccc2)cc1. The van der Waals surface area contributed by atoms with Gasteiger partial charge in [0.1, 0.15) is 11.5 Å². The Labute approximate surface area is 223 Å². The van der Waals surface area contributed by atoms with E-state index in [-0.39, 0.29) is 12.0 Å². The maximum absolute atomic E-state index is 13.8. The summed E-state index contributed by atoms with van der Waals surface area (Å²) in [5.74, 6) is 1.94. The molecule has 0 aliphatic carbocycles. The topological polar surface area (TPSA) is 65.8 Å². The number of para-hydroxylation sites is 1. The van der Waals surface area contributed by atoms with E-state index in [1.807, 2.05) is 97.6 Å². The zero-order valence-corrected chi connectivity index (χ0v) is 22.1. The number of hydrogen-bond donors (Lipinski definition) is 0. The largest absolute Gasteiger partial charge is 0.497 e. The van der Waals surface area contributed by atoms with E-state index < -0.39 is 0 Å². The van der Waals surface area contributed by atoms with Crippen LogP contribution in [0.2, 0.25) is 0 Å². The second-order valence-electron chi connectivity index (χ2n) is 9.58. The summed E-state index contributed by atoms with van der Waals surface area (Å²) in [6, 6.07) is 25.0. The van der Waals surface area contributed by atoms with Crippen LogP contribution >= 0.6 is 0 Å². The highest BCUT2D eigenvalue weighted by Crippen LogP contribution is 2.33. The summed E-state index contributed by atoms with van der Waals surface area (Å²) < 4.78 is 19.5. The third-order valence-electron chi connectivity index (χ3n) is 6.79. The van der Waals surface area contributed by atoms with Crippen LogP contribution in [-0.4, -0.2) is 47.0 Å². The highest BCUT2D eigenvalue weighted by atomic mass is 16.5. The van der Waals surface area contributed by atoms with Gasteiger partial charge in [0, 0.05) is 18.7 Å². The number of benzene rings is 3. The fourth-order valence-corrected chi connectivity index (χ4v) is 4.65. The molecule has 0 N–H and O–H groups in total. The van der Waals surface area contributed by atoms with Crippen LogP contribution in [0.15, 0.2) is 78.9 Å². The molecule has 196 valence electrons. The minimum atomic E-state index is -0.0391. The highest BCUT2D eigenvalue weighted by molar-refractivity contribution is 5.94. The number of aryl methyl sites for hydroxylation is 2. The lowest BCUT2D eigenvalue weighted by molar-refractivity contribution is 0.0505. The van der Waals surface area contributed by atoms with E-state index in [0.29, 0.717) is 30.3 Å². The summed E-state index contributed by atoms with van der Waals surface area (Å²) in [5.41, 5.74) is 4.29. The van der Waals surface area contributed by atoms with Gasteiger partial charge in [0.2, 0.25) is 5.88 Å². The Morgan fingerprint density at radius 1 is 1.00 bits per heavy atom. The van der Waals surface area contributed by atoms with Crippen LogP contribution in [0.4, 0.5) is 0 Å². The molecule has 1 aromatic heterocycles. The molecular formula is C31H33N3O4. The molecule has 4 aromatic rings. The van der Waals surface area contributed by atoms with Crippen molar-refractivity contribution in [2.24, 2.45) is 0 Å². The van der Waals surface area contributed by atoms with E-state index in [9.17, 15) is 4.79 Å². The van der Waals surface area contributed by atoms with Crippen LogP contribution in [0, 0.1) is 13.8 Å². The molecule has 1 aliphatic heterocycles. The molecule has 3 aromatic carbocycles. The zero-order chi connectivity index (χ0) is 26.5. The van der Waals surface area contributed by atoms with Crippen molar-refractivity contribution in [1.82, 2.24) is 14.7 Å². The predicted octanol–water partition coefficient (Wildman–Crippen LogP) is 6.11. The van der Waals surface area contributed by atoms with Gasteiger partial charge < -0.3 is 19.1 Å². The number of ether oxygens (including phenoxy) is 3. The first-order valence-electron chi connectivity index (χ1n) is 12.9. The minimum Gasteiger partial charge on any atom is -0.497 e. The second kappa shape index (κ2) is 11.5. The quantitative estimate of drug-likeness (QED) is 0.271. The Bertz CT molecular complexity index is 1360. The van der Waals surface area contributed by atoms with Crippen molar-refractivity contribution in [2.45, 2.75) is 39.3 Å². The van der Waals surface area contributed by atoms with Crippen LogP contribution in [0.1, 0.15) is 40.0 Å². The smallest absolute Gasteiger partial charge is 0.254 e. The molecule has 5 rings (SSSR count). The first kappa shape index (κ1) is 25.5. The van der Waals surface area contributed by atoms with E-state index in [1.54, 1.807) is 11.8 Å². The highest BCUT2D eigenvalue weighted by Gasteiger charge is 2.28. The van der Waals surface area contributed by atoms with Gasteiger partial charge in [-0.2, -0.15) is 5.10 Å². The number of aromatic nitrogens is 2. The third-order valence-corrected chi connectivity index (χ3v) is 6.79. The number of carbonyl (C=O) groups excluding carboxylic acids is 1. The molecule has 38 heavy (non-hydrogen) atoms. The van der Waals surface area contributed by atoms with Gasteiger partial charge >= 0.3 is 0 Å². The number of nitrogens with zero attached hydrogens (tertiary/aromatic N) is 3. The summed E-state index contributed by atoms with van der Waals surface area (Å²) in [6.07, 6.45) is 1.96. The average Bonchev–Trinajstić information content (AvgIpc) is 3.57. The Kier molecular flexibility index (Phi) is 7.75. The molecule has 7 heteroatoms. The fourth-order valence-electron chi connectivity index (χ4n) is 4.65. The van der Waals surface area contributed by atoms with Gasteiger partial charge in [-0.05, 0) is 75.2 Å². The molecule has 0 saturated carbocycles. The first-order valence-corrected chi connectivity index (χ1v) is 12.9. The molecular weight excluding hydrogens is 478 g/mol. The molecule has 0 bridgehead atoms. The zero-order valence-electron chi connectivity index (χ0n) is 22.1. The number of amides is 1. The summed E-state index contributed by atoms with van der Waals surface area (Å²) >= 11 is 0. The van der Waals surface area contributed by atoms with Gasteiger partial charge in [-0.15, -0.1) is 0 Å². The van der Waals surface area contributed by atoms with E-state index in [4.69, 9.17) is 19.3 Å². The maximum Gasteiger partial charge on any atom is 0.254 e. The summed E-state index contributed by atoms with van der Waals surface area (Å²) in [7, 11) is 1.63. The Morgan fingerprint density at radius 3 is 2.37 bits per heavy atom. The lowest BCUT2D eigenvalue weighted by Crippen LogP contribution is -2.37. The normalized spacial score (nSPS) is 14.9. The van der Waals surface area contributed by atoms with Gasteiger partial charge in [0.25, 0.3) is 5.91 Å². The van der Waals surface area contributed by atoms with Crippen molar-refractivity contribution in [3.05, 3.63) is 101 Å². The second-order valence-corrected chi connectivity index (χ2v) is 9.58. The number of rotatable bonds is 9. The van der Waals surface area contributed by atoms with Crippen molar-refractivity contribution in [2.75, 3.05) is 20.3 Å². The minimum absolute atomic E-state index is 0.0137. The molecule has 1 unspecified atom stereocenters. The average molecular weight is 512 g/mol. The number of hydrogen-bond acceptors (Lipinski definition) is 5. The van der Waals surface area contributed by atoms with Crippen LogP contribution < -0.4 is 9.47 Å². The van der Waals surface area contributed by atoms with Crippen molar-refractivity contribution < 1.29 is 19.0 Å². The monoisotopic (exact) mass is 511 g/mol. The molecule has 0 spiro atoms. The number of methoxy groups -OCH3 is 1. The first-order chi connectivity index (χ1) is 18.5. The molecule has 1 fully saturated rings. The van der Waals surface area contributed by atoms with Crippen molar-refractivity contribution >= 4 is 5.91 Å². The van der Waals surface area contributed by atoms with Gasteiger partial charge in [0.15, 0.2) is 0 Å². The molecule has 1 saturated heterocycles. The fraction of sp³-hybridized carbons (Fsp3) is 0.290. The summed E-state index contributed by atoms with van der Waals surface area (Å²) in [4.78, 5) is 15.6. The molecule has 1 atom stereocenters. The Hall–Kier alpha value is -4.10. The molecule has 1 amide bonds. The maximum atomic E-state index is 13.8. The van der Waals surface area contributed by atoms with Crippen LogP contribution in [-0.2, 0) is 11.3 Å². The van der Waals surface area contributed by atoms with Gasteiger partial charge in [-0.3, -0.25) is 4.79 Å². The van der Waals surface area contributed by atoms with E-state index in [2.05, 4.69) is 0 Å². The van der Waals surface area contributed by atoms with Crippen LogP contribution in [0.25, 0.3) is 5.69 Å². The standard InChI is InChI=1S/C31H33N3O4/c1-22-11-13-24(14-12-22)30(35)33(20-28-10-7-19-37-28)21-29-23(2)32-34(25-8-5-4-6-9-25)31(29)38-27-17-15-26(36-3)16-18-27/h4-6,8-9,11-18,28H,7,10,19-21H2,1-3H3. The molecule has 1 aliphatic rings. The van der Waals surface area contributed by atoms with Crippen LogP contribution in [0.5, 0.6) is 17.4 Å². The van der Waals surface area contributed by atoms with Crippen molar-refractivity contribution in [3.8, 4) is 23.1 Å². The van der Waals surface area contributed by atoms with Crippen LogP contribution in [0.3, 0.4) is 0 Å². The summed E-state index contributed by atoms with van der Waals surface area (Å²) in [5, 5.41) is 4.84. The molecule has 7 nitrogen and oxygen atoms in total. The van der Waals surface area contributed by atoms with E-state index in [1.165, 1.54) is 0 Å². The predicted molar refractivity (Wildman–Crippen MR) is 146 cm³/mol. The summed E-state index contributed by atoms with van der Waals surface area (Å²) in [6.45, 7) is 5.55. The third kappa shape index (κ3) is 5.73. The molecule has 2 heterocycles. The molecule has 0 radical (unpaired) electrons. The Balaban J connectivity index is 1.53. The van der Waals surface area contributed by atoms with Gasteiger partial charge in [-0.25, -0.2) is 4.68 Å². The van der Waals surface area contributed by atoms with E-state index >= 15 is 0 Å².